The van der Waals surface area contributed by atoms with Gasteiger partial charge in [-0.05, 0) is 40.5 Å². The molecule has 0 saturated heterocycles. The third-order valence-electron chi connectivity index (χ3n) is 5.05. The number of aromatic hydroxyl groups is 1. The lowest BCUT2D eigenvalue weighted by atomic mass is 9.98. The largest absolute Gasteiger partial charge is 0.507 e. The number of alkyl carbamates (subject to hydrolysis) is 1. The molecule has 30 heavy (non-hydrogen) atoms. The maximum atomic E-state index is 12.1. The van der Waals surface area contributed by atoms with Crippen molar-refractivity contribution < 1.29 is 19.4 Å². The number of hydrogen-bond donors (Lipinski definition) is 2. The zero-order chi connectivity index (χ0) is 20.9. The van der Waals surface area contributed by atoms with Crippen LogP contribution in [0.15, 0.2) is 66.7 Å². The number of rotatable bonds is 4. The minimum atomic E-state index is -0.537. The standard InChI is InChI=1S/C25H19NO4/c27-15-18-14-17(11-12-24(18)28)6-5-13-26-25(29)30-16-23-21-9-3-1-7-19(21)20-8-2-4-10-22(20)23/h1-4,7-12,14-15,23,28H,13,16H2,(H,26,29). The van der Waals surface area contributed by atoms with Crippen LogP contribution < -0.4 is 5.32 Å². The lowest BCUT2D eigenvalue weighted by molar-refractivity contribution is 0.112. The first-order chi connectivity index (χ1) is 14.7. The van der Waals surface area contributed by atoms with Gasteiger partial charge < -0.3 is 15.2 Å². The smallest absolute Gasteiger partial charge is 0.407 e. The monoisotopic (exact) mass is 397 g/mol. The van der Waals surface area contributed by atoms with E-state index < -0.39 is 6.09 Å². The van der Waals surface area contributed by atoms with E-state index in [0.29, 0.717) is 11.8 Å². The Hall–Kier alpha value is -4.04. The van der Waals surface area contributed by atoms with Crippen LogP contribution in [0.3, 0.4) is 0 Å². The molecule has 3 aromatic rings. The number of carbonyl (C=O) groups excluding carboxylic acids is 2. The number of benzene rings is 3. The van der Waals surface area contributed by atoms with Gasteiger partial charge in [-0.25, -0.2) is 4.79 Å². The summed E-state index contributed by atoms with van der Waals surface area (Å²) in [7, 11) is 0. The van der Waals surface area contributed by atoms with Gasteiger partial charge in [0.2, 0.25) is 0 Å². The Morgan fingerprint density at radius 1 is 1.03 bits per heavy atom. The molecule has 0 saturated carbocycles. The number of nitrogens with one attached hydrogen (secondary N) is 1. The van der Waals surface area contributed by atoms with Crippen molar-refractivity contribution in [3.05, 3.63) is 89.0 Å². The molecule has 5 nitrogen and oxygen atoms in total. The summed E-state index contributed by atoms with van der Waals surface area (Å²) < 4.78 is 5.45. The normalized spacial score (nSPS) is 11.6. The molecule has 0 bridgehead atoms. The van der Waals surface area contributed by atoms with E-state index in [4.69, 9.17) is 4.74 Å². The summed E-state index contributed by atoms with van der Waals surface area (Å²) in [6, 6.07) is 20.8. The minimum absolute atomic E-state index is 0.00740. The molecule has 0 aromatic heterocycles. The average molecular weight is 397 g/mol. The van der Waals surface area contributed by atoms with Gasteiger partial charge >= 0.3 is 6.09 Å². The SMILES string of the molecule is O=Cc1cc(C#CCNC(=O)OCC2c3ccccc3-c3ccccc32)ccc1O. The Morgan fingerprint density at radius 3 is 2.37 bits per heavy atom. The predicted octanol–water partition coefficient (Wildman–Crippen LogP) is 4.09. The van der Waals surface area contributed by atoms with Crippen molar-refractivity contribution in [3.63, 3.8) is 0 Å². The van der Waals surface area contributed by atoms with Crippen molar-refractivity contribution in [2.75, 3.05) is 13.2 Å². The molecule has 148 valence electrons. The zero-order valence-electron chi connectivity index (χ0n) is 16.1. The molecule has 0 atom stereocenters. The van der Waals surface area contributed by atoms with Gasteiger partial charge in [-0.3, -0.25) is 4.79 Å². The van der Waals surface area contributed by atoms with Crippen LogP contribution in [0.2, 0.25) is 0 Å². The topological polar surface area (TPSA) is 75.6 Å². The van der Waals surface area contributed by atoms with Crippen LogP contribution in [0.25, 0.3) is 11.1 Å². The Labute approximate surface area is 174 Å². The number of hydrogen-bond acceptors (Lipinski definition) is 4. The fourth-order valence-electron chi connectivity index (χ4n) is 3.64. The maximum absolute atomic E-state index is 12.1. The van der Waals surface area contributed by atoms with Crippen molar-refractivity contribution in [2.45, 2.75) is 5.92 Å². The second-order valence-electron chi connectivity index (χ2n) is 6.87. The number of amides is 1. The Morgan fingerprint density at radius 2 is 1.70 bits per heavy atom. The van der Waals surface area contributed by atoms with Gasteiger partial charge in [0, 0.05) is 11.5 Å². The van der Waals surface area contributed by atoms with Crippen molar-refractivity contribution in [1.82, 2.24) is 5.32 Å². The molecular formula is C25H19NO4. The fraction of sp³-hybridized carbons (Fsp3) is 0.120. The zero-order valence-corrected chi connectivity index (χ0v) is 16.1. The highest BCUT2D eigenvalue weighted by atomic mass is 16.5. The van der Waals surface area contributed by atoms with Crippen LogP contribution in [0.5, 0.6) is 5.75 Å². The second-order valence-corrected chi connectivity index (χ2v) is 6.87. The third kappa shape index (κ3) is 3.89. The van der Waals surface area contributed by atoms with E-state index in [0.717, 1.165) is 11.1 Å². The van der Waals surface area contributed by atoms with E-state index in [1.165, 1.54) is 23.3 Å². The molecule has 1 aliphatic rings. The summed E-state index contributed by atoms with van der Waals surface area (Å²) in [5.41, 5.74) is 5.41. The van der Waals surface area contributed by atoms with Crippen molar-refractivity contribution >= 4 is 12.4 Å². The van der Waals surface area contributed by atoms with Gasteiger partial charge in [0.25, 0.3) is 0 Å². The van der Waals surface area contributed by atoms with E-state index in [9.17, 15) is 14.7 Å². The number of aldehydes is 1. The van der Waals surface area contributed by atoms with Crippen LogP contribution in [-0.4, -0.2) is 30.6 Å². The van der Waals surface area contributed by atoms with Gasteiger partial charge in [-0.15, -0.1) is 0 Å². The highest BCUT2D eigenvalue weighted by Crippen LogP contribution is 2.44. The fourth-order valence-corrected chi connectivity index (χ4v) is 3.64. The van der Waals surface area contributed by atoms with Gasteiger partial charge in [0.15, 0.2) is 6.29 Å². The highest BCUT2D eigenvalue weighted by Gasteiger charge is 2.28. The molecular weight excluding hydrogens is 378 g/mol. The summed E-state index contributed by atoms with van der Waals surface area (Å²) in [4.78, 5) is 23.0. The first-order valence-electron chi connectivity index (χ1n) is 9.53. The number of fused-ring (bicyclic) bond motifs is 3. The van der Waals surface area contributed by atoms with Crippen LogP contribution in [0, 0.1) is 11.8 Å². The highest BCUT2D eigenvalue weighted by molar-refractivity contribution is 5.80. The summed E-state index contributed by atoms with van der Waals surface area (Å²) in [5, 5.41) is 12.1. The van der Waals surface area contributed by atoms with Crippen molar-refractivity contribution in [1.29, 1.82) is 0 Å². The molecule has 1 amide bonds. The van der Waals surface area contributed by atoms with E-state index in [-0.39, 0.29) is 30.4 Å². The summed E-state index contributed by atoms with van der Waals surface area (Å²) >= 11 is 0. The van der Waals surface area contributed by atoms with Gasteiger partial charge in [0.1, 0.15) is 12.4 Å². The number of carbonyl (C=O) groups is 2. The van der Waals surface area contributed by atoms with Crippen LogP contribution in [0.1, 0.15) is 33.0 Å². The van der Waals surface area contributed by atoms with E-state index >= 15 is 0 Å². The van der Waals surface area contributed by atoms with E-state index in [1.807, 2.05) is 24.3 Å². The Balaban J connectivity index is 1.35. The summed E-state index contributed by atoms with van der Waals surface area (Å²) in [6.07, 6.45) is 0.0283. The quantitative estimate of drug-likeness (QED) is 0.514. The van der Waals surface area contributed by atoms with Gasteiger partial charge in [0.05, 0.1) is 12.1 Å². The molecule has 0 fully saturated rings. The molecule has 5 heteroatoms. The van der Waals surface area contributed by atoms with E-state index in [2.05, 4.69) is 41.4 Å². The predicted molar refractivity (Wildman–Crippen MR) is 113 cm³/mol. The van der Waals surface area contributed by atoms with Gasteiger partial charge in [-0.1, -0.05) is 60.4 Å². The van der Waals surface area contributed by atoms with E-state index in [1.54, 1.807) is 6.07 Å². The molecule has 1 aliphatic carbocycles. The molecule has 0 heterocycles. The Bertz CT molecular complexity index is 1130. The van der Waals surface area contributed by atoms with Crippen molar-refractivity contribution in [2.24, 2.45) is 0 Å². The lowest BCUT2D eigenvalue weighted by Gasteiger charge is -2.14. The third-order valence-corrected chi connectivity index (χ3v) is 5.05. The minimum Gasteiger partial charge on any atom is -0.507 e. The molecule has 0 unspecified atom stereocenters. The number of ether oxygens (including phenoxy) is 1. The van der Waals surface area contributed by atoms with Crippen LogP contribution in [-0.2, 0) is 4.74 Å². The number of phenolic OH excluding ortho intramolecular Hbond substituents is 1. The Kier molecular flexibility index (Phi) is 5.49. The van der Waals surface area contributed by atoms with Crippen LogP contribution >= 0.6 is 0 Å². The first-order valence-corrected chi connectivity index (χ1v) is 9.53. The summed E-state index contributed by atoms with van der Waals surface area (Å²) in [6.45, 7) is 0.349. The number of phenols is 1. The average Bonchev–Trinajstić information content (AvgIpc) is 3.10. The molecule has 0 aliphatic heterocycles. The van der Waals surface area contributed by atoms with Crippen molar-refractivity contribution in [3.8, 4) is 28.7 Å². The molecule has 0 spiro atoms. The summed E-state index contributed by atoms with van der Waals surface area (Å²) in [5.74, 6) is 5.55. The second kappa shape index (κ2) is 8.54. The first kappa shape index (κ1) is 19.3. The van der Waals surface area contributed by atoms with Gasteiger partial charge in [-0.2, -0.15) is 0 Å². The molecule has 3 aromatic carbocycles. The molecule has 4 rings (SSSR count). The lowest BCUT2D eigenvalue weighted by Crippen LogP contribution is -2.26. The van der Waals surface area contributed by atoms with Crippen LogP contribution in [0.4, 0.5) is 4.79 Å². The molecule has 0 radical (unpaired) electrons. The maximum Gasteiger partial charge on any atom is 0.407 e. The molecule has 2 N–H and O–H groups in total.